The first-order valence-electron chi connectivity index (χ1n) is 6.86. The molecular formula is C16H22N2O. The molecule has 1 amide bonds. The molecule has 3 nitrogen and oxygen atoms in total. The minimum atomic E-state index is -0.387. The smallest absolute Gasteiger partial charge is 0.267 e. The number of nitrogens with one attached hydrogen (secondary N) is 1. The van der Waals surface area contributed by atoms with E-state index in [1.807, 2.05) is 18.9 Å². The van der Waals surface area contributed by atoms with Gasteiger partial charge in [0, 0.05) is 5.57 Å². The van der Waals surface area contributed by atoms with Crippen LogP contribution in [0.3, 0.4) is 0 Å². The van der Waals surface area contributed by atoms with Gasteiger partial charge in [-0.2, -0.15) is 0 Å². The highest BCUT2D eigenvalue weighted by Crippen LogP contribution is 2.32. The van der Waals surface area contributed by atoms with Crippen molar-refractivity contribution in [3.63, 3.8) is 0 Å². The lowest BCUT2D eigenvalue weighted by molar-refractivity contribution is -0.116. The van der Waals surface area contributed by atoms with Crippen molar-refractivity contribution >= 4 is 11.6 Å². The number of rotatable bonds is 4. The van der Waals surface area contributed by atoms with Crippen LogP contribution in [-0.2, 0) is 11.2 Å². The molecule has 1 fully saturated rings. The van der Waals surface area contributed by atoms with Crippen LogP contribution in [0.2, 0.25) is 0 Å². The van der Waals surface area contributed by atoms with Crippen molar-refractivity contribution in [1.29, 1.82) is 0 Å². The highest BCUT2D eigenvalue weighted by Gasteiger charge is 2.41. The van der Waals surface area contributed by atoms with E-state index in [0.717, 1.165) is 12.1 Å². The van der Waals surface area contributed by atoms with E-state index >= 15 is 0 Å². The summed E-state index contributed by atoms with van der Waals surface area (Å²) in [6.07, 6.45) is 3.53. The van der Waals surface area contributed by atoms with Gasteiger partial charge >= 0.3 is 0 Å². The average Bonchev–Trinajstić information content (AvgIpc) is 2.60. The van der Waals surface area contributed by atoms with Crippen LogP contribution in [0, 0.1) is 0 Å². The number of aryl methyl sites for hydroxylation is 1. The fourth-order valence-corrected chi connectivity index (χ4v) is 2.30. The molecule has 0 unspecified atom stereocenters. The van der Waals surface area contributed by atoms with E-state index < -0.39 is 0 Å². The number of carbonyl (C=O) groups excluding carboxylic acids is 1. The van der Waals surface area contributed by atoms with Gasteiger partial charge in [0.05, 0.1) is 11.2 Å². The van der Waals surface area contributed by atoms with Gasteiger partial charge in [-0.1, -0.05) is 32.1 Å². The third-order valence-electron chi connectivity index (χ3n) is 3.80. The molecule has 1 N–H and O–H groups in total. The summed E-state index contributed by atoms with van der Waals surface area (Å²) in [6.45, 7) is 10.1. The van der Waals surface area contributed by atoms with E-state index in [1.165, 1.54) is 18.4 Å². The number of unbranched alkanes of at least 4 members (excludes halogenated alkanes) is 1. The quantitative estimate of drug-likeness (QED) is 0.841. The van der Waals surface area contributed by atoms with Gasteiger partial charge in [0.15, 0.2) is 0 Å². The zero-order valence-corrected chi connectivity index (χ0v) is 12.0. The highest BCUT2D eigenvalue weighted by molar-refractivity contribution is 6.00. The minimum Gasteiger partial charge on any atom is -0.275 e. The normalized spacial score (nSPS) is 17.7. The molecule has 1 aromatic rings. The maximum absolute atomic E-state index is 11.7. The first-order chi connectivity index (χ1) is 8.96. The molecule has 1 aliphatic rings. The van der Waals surface area contributed by atoms with Gasteiger partial charge in [0.25, 0.3) is 5.91 Å². The summed E-state index contributed by atoms with van der Waals surface area (Å²) >= 11 is 0. The summed E-state index contributed by atoms with van der Waals surface area (Å²) in [7, 11) is 0. The van der Waals surface area contributed by atoms with E-state index in [-0.39, 0.29) is 11.4 Å². The standard InChI is InChI=1S/C16H22N2O/c1-5-6-7-13-8-10-14(11-9-13)18-16(3,4)12(2)15(19)17-18/h8-11H,2,5-7H2,1,3-4H3,(H,17,19). The first kappa shape index (κ1) is 13.7. The molecule has 0 spiro atoms. The van der Waals surface area contributed by atoms with Crippen molar-refractivity contribution in [2.45, 2.75) is 45.6 Å². The Balaban J connectivity index is 2.19. The van der Waals surface area contributed by atoms with Gasteiger partial charge in [0.1, 0.15) is 0 Å². The van der Waals surface area contributed by atoms with Crippen LogP contribution in [0.25, 0.3) is 0 Å². The summed E-state index contributed by atoms with van der Waals surface area (Å²) in [5.41, 5.74) is 5.42. The second kappa shape index (κ2) is 5.08. The summed E-state index contributed by atoms with van der Waals surface area (Å²) < 4.78 is 0. The molecule has 0 saturated carbocycles. The zero-order chi connectivity index (χ0) is 14.0. The molecule has 1 aromatic carbocycles. The molecule has 1 saturated heterocycles. The molecule has 0 aliphatic carbocycles. The lowest BCUT2D eigenvalue weighted by Gasteiger charge is -2.32. The molecule has 102 valence electrons. The van der Waals surface area contributed by atoms with Crippen LogP contribution in [0.4, 0.5) is 5.69 Å². The van der Waals surface area contributed by atoms with E-state index in [9.17, 15) is 4.79 Å². The predicted molar refractivity (Wildman–Crippen MR) is 78.9 cm³/mol. The predicted octanol–water partition coefficient (Wildman–Crippen LogP) is 3.22. The molecule has 19 heavy (non-hydrogen) atoms. The van der Waals surface area contributed by atoms with E-state index in [1.54, 1.807) is 0 Å². The molecule has 1 heterocycles. The van der Waals surface area contributed by atoms with Crippen molar-refractivity contribution in [2.75, 3.05) is 5.01 Å². The number of benzene rings is 1. The van der Waals surface area contributed by atoms with Gasteiger partial charge in [-0.3, -0.25) is 15.2 Å². The highest BCUT2D eigenvalue weighted by atomic mass is 16.2. The second-order valence-corrected chi connectivity index (χ2v) is 5.58. The minimum absolute atomic E-state index is 0.0972. The largest absolute Gasteiger partial charge is 0.275 e. The van der Waals surface area contributed by atoms with Crippen molar-refractivity contribution in [2.24, 2.45) is 0 Å². The number of hydrogen-bond donors (Lipinski definition) is 1. The van der Waals surface area contributed by atoms with Crippen molar-refractivity contribution in [3.05, 3.63) is 42.0 Å². The Labute approximate surface area is 115 Å². The monoisotopic (exact) mass is 258 g/mol. The molecule has 0 aromatic heterocycles. The Morgan fingerprint density at radius 2 is 1.89 bits per heavy atom. The summed E-state index contributed by atoms with van der Waals surface area (Å²) in [5.74, 6) is -0.0972. The molecule has 1 aliphatic heterocycles. The molecule has 0 bridgehead atoms. The van der Waals surface area contributed by atoms with Crippen LogP contribution in [0.5, 0.6) is 0 Å². The fraction of sp³-hybridized carbons (Fsp3) is 0.438. The van der Waals surface area contributed by atoms with E-state index in [2.05, 4.69) is 43.2 Å². The number of nitrogens with zero attached hydrogens (tertiary/aromatic N) is 1. The van der Waals surface area contributed by atoms with Crippen molar-refractivity contribution < 1.29 is 4.79 Å². The number of anilines is 1. The van der Waals surface area contributed by atoms with Gasteiger partial charge in [-0.25, -0.2) is 0 Å². The van der Waals surface area contributed by atoms with Crippen LogP contribution in [0.15, 0.2) is 36.4 Å². The SMILES string of the molecule is C=C1C(=O)NN(c2ccc(CCCC)cc2)C1(C)C. The molecule has 2 rings (SSSR count). The van der Waals surface area contributed by atoms with Crippen LogP contribution in [0.1, 0.15) is 39.2 Å². The van der Waals surface area contributed by atoms with Crippen LogP contribution >= 0.6 is 0 Å². The van der Waals surface area contributed by atoms with Gasteiger partial charge in [-0.15, -0.1) is 0 Å². The second-order valence-electron chi connectivity index (χ2n) is 5.58. The molecular weight excluding hydrogens is 236 g/mol. The Kier molecular flexibility index (Phi) is 3.65. The Hall–Kier alpha value is -1.77. The van der Waals surface area contributed by atoms with Crippen LogP contribution in [-0.4, -0.2) is 11.4 Å². The first-order valence-corrected chi connectivity index (χ1v) is 6.86. The lowest BCUT2D eigenvalue weighted by atomic mass is 9.96. The van der Waals surface area contributed by atoms with Gasteiger partial charge in [0.2, 0.25) is 0 Å². The average molecular weight is 258 g/mol. The van der Waals surface area contributed by atoms with E-state index in [0.29, 0.717) is 5.57 Å². The van der Waals surface area contributed by atoms with Gasteiger partial charge in [-0.05, 0) is 44.4 Å². The van der Waals surface area contributed by atoms with Crippen LogP contribution < -0.4 is 10.4 Å². The summed E-state index contributed by atoms with van der Waals surface area (Å²) in [5, 5.41) is 1.89. The number of amides is 1. The fourth-order valence-electron chi connectivity index (χ4n) is 2.30. The Bertz CT molecular complexity index is 488. The number of carbonyl (C=O) groups is 1. The number of hydrogen-bond acceptors (Lipinski definition) is 2. The summed E-state index contributed by atoms with van der Waals surface area (Å²) in [4.78, 5) is 11.7. The topological polar surface area (TPSA) is 32.3 Å². The zero-order valence-electron chi connectivity index (χ0n) is 12.0. The van der Waals surface area contributed by atoms with Gasteiger partial charge < -0.3 is 0 Å². The maximum atomic E-state index is 11.7. The lowest BCUT2D eigenvalue weighted by Crippen LogP contribution is -2.44. The maximum Gasteiger partial charge on any atom is 0.267 e. The summed E-state index contributed by atoms with van der Waals surface area (Å²) in [6, 6.07) is 8.39. The van der Waals surface area contributed by atoms with E-state index in [4.69, 9.17) is 0 Å². The Morgan fingerprint density at radius 3 is 2.37 bits per heavy atom. The Morgan fingerprint density at radius 1 is 1.26 bits per heavy atom. The molecule has 0 radical (unpaired) electrons. The van der Waals surface area contributed by atoms with Crippen molar-refractivity contribution in [3.8, 4) is 0 Å². The third-order valence-corrected chi connectivity index (χ3v) is 3.80. The number of hydrazine groups is 1. The molecule has 3 heteroatoms. The third kappa shape index (κ3) is 2.50. The molecule has 0 atom stereocenters. The van der Waals surface area contributed by atoms with Crippen molar-refractivity contribution in [1.82, 2.24) is 5.43 Å².